The third-order valence-corrected chi connectivity index (χ3v) is 9.69. The molecule has 0 bridgehead atoms. The molecule has 0 aliphatic carbocycles. The van der Waals surface area contributed by atoms with Gasteiger partial charge in [0.15, 0.2) is 8.32 Å². The van der Waals surface area contributed by atoms with E-state index in [1.54, 1.807) is 6.08 Å². The molecule has 0 N–H and O–H groups in total. The molecule has 158 valence electrons. The summed E-state index contributed by atoms with van der Waals surface area (Å²) in [5.74, 6) is 2.38. The van der Waals surface area contributed by atoms with E-state index in [2.05, 4.69) is 60.6 Å². The van der Waals surface area contributed by atoms with Crippen molar-refractivity contribution in [3.05, 3.63) is 19.1 Å². The normalized spacial score (nSPS) is 13.5. The van der Waals surface area contributed by atoms with Crippen LogP contribution in [-0.2, 0) is 21.5 Å². The molecule has 0 aromatic heterocycles. The van der Waals surface area contributed by atoms with Gasteiger partial charge in [-0.2, -0.15) is 0 Å². The summed E-state index contributed by atoms with van der Waals surface area (Å²) in [5.41, 5.74) is -0.0756. The molecule has 0 rings (SSSR count). The molecule has 0 radical (unpaired) electrons. The molecule has 0 fully saturated rings. The second-order valence-electron chi connectivity index (χ2n) is 8.84. The second-order valence-corrected chi connectivity index (χ2v) is 13.6. The number of unbranched alkanes of at least 4 members (excludes halogenated alkanes) is 5. The minimum atomic E-state index is -1.70. The van der Waals surface area contributed by atoms with E-state index in [0.717, 1.165) is 25.7 Å². The van der Waals surface area contributed by atoms with E-state index in [1.807, 2.05) is 0 Å². The summed E-state index contributed by atoms with van der Waals surface area (Å²) in [6.45, 7) is 23.7. The molecule has 1 unspecified atom stereocenters. The fraction of sp³-hybridized carbons (Fsp3) is 0.826. The molecule has 0 heterocycles. The van der Waals surface area contributed by atoms with Crippen molar-refractivity contribution >= 4 is 8.32 Å². The van der Waals surface area contributed by atoms with Gasteiger partial charge in [0, 0.05) is 0 Å². The van der Waals surface area contributed by atoms with Crippen LogP contribution in [-0.4, -0.2) is 13.9 Å². The van der Waals surface area contributed by atoms with Crippen LogP contribution in [0, 0.1) is 18.9 Å². The molecule has 26 heavy (non-hydrogen) atoms. The van der Waals surface area contributed by atoms with Gasteiger partial charge in [-0.05, 0) is 50.7 Å². The zero-order chi connectivity index (χ0) is 20.0. The maximum Gasteiger partial charge on any atom is 1.00 e. The average Bonchev–Trinajstić information content (AvgIpc) is 2.49. The van der Waals surface area contributed by atoms with E-state index >= 15 is 0 Å². The van der Waals surface area contributed by atoms with Gasteiger partial charge in [-0.25, -0.2) is 0 Å². The first-order chi connectivity index (χ1) is 11.5. The monoisotopic (exact) mass is 427 g/mol. The van der Waals surface area contributed by atoms with Gasteiger partial charge in [0.2, 0.25) is 0 Å². The third kappa shape index (κ3) is 15.1. The molecule has 0 aromatic rings. The van der Waals surface area contributed by atoms with Crippen LogP contribution >= 0.6 is 0 Å². The minimum absolute atomic E-state index is 0. The van der Waals surface area contributed by atoms with Gasteiger partial charge in [0.25, 0.3) is 0 Å². The number of rotatable bonds is 11. The Morgan fingerprint density at radius 1 is 1.00 bits per heavy atom. The Kier molecular flexibility index (Phi) is 18.9. The Bertz CT molecular complexity index is 379. The second kappa shape index (κ2) is 16.0. The molecule has 0 saturated carbocycles. The average molecular weight is 428 g/mol. The van der Waals surface area contributed by atoms with Crippen LogP contribution in [0.25, 0.3) is 0 Å². The predicted octanol–water partition coefficient (Wildman–Crippen LogP) is 7.88. The molecule has 0 amide bonds. The van der Waals surface area contributed by atoms with Crippen LogP contribution in [0.2, 0.25) is 18.1 Å². The Morgan fingerprint density at radius 2 is 1.54 bits per heavy atom. The quantitative estimate of drug-likeness (QED) is 0.141. The van der Waals surface area contributed by atoms with E-state index in [0.29, 0.717) is 0 Å². The third-order valence-electron chi connectivity index (χ3n) is 5.07. The van der Waals surface area contributed by atoms with Gasteiger partial charge >= 0.3 is 17.1 Å². The van der Waals surface area contributed by atoms with Crippen molar-refractivity contribution in [1.29, 1.82) is 0 Å². The summed E-state index contributed by atoms with van der Waals surface area (Å²) >= 11 is 0. The summed E-state index contributed by atoms with van der Waals surface area (Å²) in [6, 6.07) is 0. The van der Waals surface area contributed by atoms with Crippen molar-refractivity contribution in [3.63, 3.8) is 0 Å². The maximum atomic E-state index is 6.59. The molecule has 0 aliphatic heterocycles. The summed E-state index contributed by atoms with van der Waals surface area (Å²) in [4.78, 5) is 0. The Labute approximate surface area is 177 Å². The van der Waals surface area contributed by atoms with Gasteiger partial charge < -0.3 is 23.3 Å². The van der Waals surface area contributed by atoms with Crippen LogP contribution in [0.5, 0.6) is 0 Å². The Hall–Kier alpha value is -0.00364. The molecular weight excluding hydrogens is 384 g/mol. The van der Waals surface area contributed by atoms with Crippen molar-refractivity contribution in [2.24, 2.45) is 0 Å². The maximum absolute atomic E-state index is 6.59. The van der Waals surface area contributed by atoms with Crippen molar-refractivity contribution in [2.75, 3.05) is 0 Å². The minimum Gasteiger partial charge on any atom is -0.694 e. The SMILES string of the molecule is [C-]#CCCCCCC.[CH-]=CCC(C)(CCCC)O[Si](C)(C)C(C)(C)C.[Cu+]. The van der Waals surface area contributed by atoms with E-state index in [4.69, 9.17) is 17.4 Å². The number of hydrogen-bond donors (Lipinski definition) is 0. The first-order valence-corrected chi connectivity index (χ1v) is 13.0. The van der Waals surface area contributed by atoms with Crippen molar-refractivity contribution in [1.82, 2.24) is 0 Å². The fourth-order valence-corrected chi connectivity index (χ4v) is 4.13. The Balaban J connectivity index is -0.000000498. The van der Waals surface area contributed by atoms with E-state index in [-0.39, 0.29) is 27.7 Å². The van der Waals surface area contributed by atoms with Gasteiger partial charge in [0.05, 0.1) is 5.60 Å². The van der Waals surface area contributed by atoms with E-state index < -0.39 is 8.32 Å². The van der Waals surface area contributed by atoms with Crippen LogP contribution < -0.4 is 0 Å². The van der Waals surface area contributed by atoms with Gasteiger partial charge in [0.1, 0.15) is 0 Å². The van der Waals surface area contributed by atoms with Gasteiger partial charge in [-0.1, -0.05) is 66.7 Å². The number of hydrogen-bond acceptors (Lipinski definition) is 1. The van der Waals surface area contributed by atoms with Crippen LogP contribution in [0.4, 0.5) is 0 Å². The predicted molar refractivity (Wildman–Crippen MR) is 116 cm³/mol. The van der Waals surface area contributed by atoms with Gasteiger partial charge in [-0.15, -0.1) is 0 Å². The standard InChI is InChI=1S/C15H31OSi.C8H13.Cu/c1-9-11-13-15(6,12-10-2)16-17(7,8)14(3,4)5;1-3-5-7-8-6-4-2;/h2,10H,9,11-13H2,1,3-8H3;3,5-8H2,1H3;/q2*-1;+1. The fourth-order valence-electron chi connectivity index (χ4n) is 2.40. The van der Waals surface area contributed by atoms with E-state index in [1.165, 1.54) is 32.1 Å². The summed E-state index contributed by atoms with van der Waals surface area (Å²) in [6.07, 6.45) is 18.6. The van der Waals surface area contributed by atoms with Crippen LogP contribution in [0.1, 0.15) is 99.3 Å². The molecule has 1 nitrogen and oxygen atoms in total. The molecule has 3 heteroatoms. The summed E-state index contributed by atoms with van der Waals surface area (Å²) < 4.78 is 6.56. The van der Waals surface area contributed by atoms with Crippen molar-refractivity contribution < 1.29 is 21.5 Å². The summed E-state index contributed by atoms with van der Waals surface area (Å²) in [5, 5.41) is 0.259. The van der Waals surface area contributed by atoms with Crippen molar-refractivity contribution in [3.8, 4) is 5.92 Å². The molecule has 1 atom stereocenters. The first-order valence-electron chi connectivity index (χ1n) is 10.1. The Morgan fingerprint density at radius 3 is 1.92 bits per heavy atom. The topological polar surface area (TPSA) is 9.23 Å². The summed E-state index contributed by atoms with van der Waals surface area (Å²) in [7, 11) is -1.70. The molecule has 0 aromatic carbocycles. The van der Waals surface area contributed by atoms with Crippen molar-refractivity contribution in [2.45, 2.75) is 123 Å². The van der Waals surface area contributed by atoms with Crippen LogP contribution in [0.3, 0.4) is 0 Å². The largest absolute Gasteiger partial charge is 1.00 e. The molecule has 0 saturated heterocycles. The zero-order valence-electron chi connectivity index (χ0n) is 18.7. The van der Waals surface area contributed by atoms with E-state index in [9.17, 15) is 0 Å². The molecular formula is C23H44CuOSi-. The zero-order valence-corrected chi connectivity index (χ0v) is 20.7. The van der Waals surface area contributed by atoms with Crippen LogP contribution in [0.15, 0.2) is 6.08 Å². The van der Waals surface area contributed by atoms with Gasteiger partial charge in [-0.3, -0.25) is 6.08 Å². The smallest absolute Gasteiger partial charge is 0.694 e. The molecule has 0 spiro atoms. The molecule has 0 aliphatic rings. The first kappa shape index (κ1) is 30.7.